The topological polar surface area (TPSA) is 29.0 Å². The third-order valence-corrected chi connectivity index (χ3v) is 3.66. The lowest BCUT2D eigenvalue weighted by Gasteiger charge is -2.27. The molecule has 3 rings (SSSR count). The maximum Gasteiger partial charge on any atom is 0.224 e. The van der Waals surface area contributed by atoms with Gasteiger partial charge >= 0.3 is 0 Å². The van der Waals surface area contributed by atoms with E-state index in [-0.39, 0.29) is 0 Å². The number of rotatable bonds is 2. The highest BCUT2D eigenvalue weighted by Gasteiger charge is 2.15. The van der Waals surface area contributed by atoms with Gasteiger partial charge in [0.05, 0.1) is 0 Å². The van der Waals surface area contributed by atoms with E-state index in [1.165, 1.54) is 11.1 Å². The minimum atomic E-state index is 0.317. The number of nitrogens with zero attached hydrogens (tertiary/aromatic N) is 3. The predicted octanol–water partition coefficient (Wildman–Crippen LogP) is 3.73. The molecule has 3 nitrogen and oxygen atoms in total. The zero-order valence-electron chi connectivity index (χ0n) is 11.4. The van der Waals surface area contributed by atoms with Gasteiger partial charge in [0, 0.05) is 24.8 Å². The maximum atomic E-state index is 5.93. The second-order valence-electron chi connectivity index (χ2n) is 4.93. The van der Waals surface area contributed by atoms with Crippen molar-refractivity contribution in [3.8, 4) is 0 Å². The molecule has 1 aliphatic rings. The second-order valence-corrected chi connectivity index (χ2v) is 5.27. The molecule has 20 heavy (non-hydrogen) atoms. The number of hydrogen-bond acceptors (Lipinski definition) is 3. The fourth-order valence-electron chi connectivity index (χ4n) is 2.47. The molecule has 0 radical (unpaired) electrons. The molecule has 0 unspecified atom stereocenters. The van der Waals surface area contributed by atoms with Crippen molar-refractivity contribution in [3.05, 3.63) is 59.0 Å². The van der Waals surface area contributed by atoms with Gasteiger partial charge in [-0.15, -0.1) is 0 Å². The number of hydrogen-bond donors (Lipinski definition) is 0. The monoisotopic (exact) mass is 285 g/mol. The van der Waals surface area contributed by atoms with E-state index in [0.29, 0.717) is 5.28 Å². The summed E-state index contributed by atoms with van der Waals surface area (Å²) in [5.74, 6) is 0.908. The SMILES string of the molecule is Cc1cc(N2CC=C(c3ccccc3)CC2)nc(Cl)n1. The van der Waals surface area contributed by atoms with Crippen molar-refractivity contribution >= 4 is 23.0 Å². The first-order valence-corrected chi connectivity index (χ1v) is 7.11. The van der Waals surface area contributed by atoms with Crippen LogP contribution in [0.5, 0.6) is 0 Å². The van der Waals surface area contributed by atoms with Gasteiger partial charge in [0.15, 0.2) is 0 Å². The van der Waals surface area contributed by atoms with Crippen LogP contribution in [0.3, 0.4) is 0 Å². The Morgan fingerprint density at radius 1 is 1.15 bits per heavy atom. The van der Waals surface area contributed by atoms with Crippen LogP contribution >= 0.6 is 11.6 Å². The molecule has 102 valence electrons. The number of aromatic nitrogens is 2. The molecule has 4 heteroatoms. The third-order valence-electron chi connectivity index (χ3n) is 3.49. The second kappa shape index (κ2) is 5.63. The highest BCUT2D eigenvalue weighted by molar-refractivity contribution is 6.28. The van der Waals surface area contributed by atoms with Crippen molar-refractivity contribution in [2.45, 2.75) is 13.3 Å². The van der Waals surface area contributed by atoms with Crippen LogP contribution < -0.4 is 4.90 Å². The summed E-state index contributed by atoms with van der Waals surface area (Å²) in [6.45, 7) is 3.75. The first-order chi connectivity index (χ1) is 9.72. The lowest BCUT2D eigenvalue weighted by molar-refractivity contribution is 0.811. The molecule has 1 aromatic carbocycles. The smallest absolute Gasteiger partial charge is 0.224 e. The van der Waals surface area contributed by atoms with Gasteiger partial charge < -0.3 is 4.90 Å². The molecule has 0 atom stereocenters. The summed E-state index contributed by atoms with van der Waals surface area (Å²) in [7, 11) is 0. The molecule has 0 amide bonds. The summed E-state index contributed by atoms with van der Waals surface area (Å²) in [5, 5.41) is 0.317. The van der Waals surface area contributed by atoms with Gasteiger partial charge in [0.2, 0.25) is 5.28 Å². The minimum absolute atomic E-state index is 0.317. The van der Waals surface area contributed by atoms with E-state index in [1.807, 2.05) is 19.1 Å². The molecule has 1 aliphatic heterocycles. The third kappa shape index (κ3) is 2.83. The van der Waals surface area contributed by atoms with Crippen LogP contribution in [-0.2, 0) is 0 Å². The average molecular weight is 286 g/mol. The first kappa shape index (κ1) is 13.1. The molecule has 0 saturated heterocycles. The minimum Gasteiger partial charge on any atom is -0.352 e. The van der Waals surface area contributed by atoms with Crippen molar-refractivity contribution in [2.24, 2.45) is 0 Å². The van der Waals surface area contributed by atoms with Crippen molar-refractivity contribution in [1.82, 2.24) is 9.97 Å². The van der Waals surface area contributed by atoms with Crippen LogP contribution in [-0.4, -0.2) is 23.1 Å². The van der Waals surface area contributed by atoms with Gasteiger partial charge in [0.25, 0.3) is 0 Å². The highest BCUT2D eigenvalue weighted by atomic mass is 35.5. The maximum absolute atomic E-state index is 5.93. The Morgan fingerprint density at radius 2 is 1.95 bits per heavy atom. The van der Waals surface area contributed by atoms with Gasteiger partial charge in [0.1, 0.15) is 5.82 Å². The quantitative estimate of drug-likeness (QED) is 0.787. The van der Waals surface area contributed by atoms with Crippen molar-refractivity contribution < 1.29 is 0 Å². The van der Waals surface area contributed by atoms with Crippen LogP contribution in [0.2, 0.25) is 5.28 Å². The molecule has 0 fully saturated rings. The molecule has 2 aromatic rings. The summed E-state index contributed by atoms with van der Waals surface area (Å²) in [6, 6.07) is 12.5. The van der Waals surface area contributed by atoms with Gasteiger partial charge in [-0.1, -0.05) is 36.4 Å². The number of benzene rings is 1. The predicted molar refractivity (Wildman–Crippen MR) is 83.0 cm³/mol. The van der Waals surface area contributed by atoms with Crippen LogP contribution in [0.4, 0.5) is 5.82 Å². The van der Waals surface area contributed by atoms with Crippen LogP contribution in [0.15, 0.2) is 42.5 Å². The molecular formula is C16H16ClN3. The number of aryl methyl sites for hydroxylation is 1. The molecule has 0 saturated carbocycles. The van der Waals surface area contributed by atoms with E-state index < -0.39 is 0 Å². The highest BCUT2D eigenvalue weighted by Crippen LogP contribution is 2.25. The van der Waals surface area contributed by atoms with E-state index in [1.54, 1.807) is 0 Å². The van der Waals surface area contributed by atoms with Gasteiger partial charge in [-0.25, -0.2) is 9.97 Å². The Balaban J connectivity index is 1.79. The zero-order chi connectivity index (χ0) is 13.9. The van der Waals surface area contributed by atoms with Crippen LogP contribution in [0.1, 0.15) is 17.7 Å². The van der Waals surface area contributed by atoms with Gasteiger partial charge in [-0.05, 0) is 36.1 Å². The van der Waals surface area contributed by atoms with Crippen molar-refractivity contribution in [2.75, 3.05) is 18.0 Å². The van der Waals surface area contributed by atoms with Gasteiger partial charge in [-0.2, -0.15) is 0 Å². The van der Waals surface area contributed by atoms with E-state index in [0.717, 1.165) is 31.0 Å². The summed E-state index contributed by atoms with van der Waals surface area (Å²) < 4.78 is 0. The zero-order valence-corrected chi connectivity index (χ0v) is 12.1. The van der Waals surface area contributed by atoms with Crippen molar-refractivity contribution in [1.29, 1.82) is 0 Å². The van der Waals surface area contributed by atoms with Crippen LogP contribution in [0, 0.1) is 6.92 Å². The Labute approximate surface area is 123 Å². The lowest BCUT2D eigenvalue weighted by Crippen LogP contribution is -2.29. The van der Waals surface area contributed by atoms with Gasteiger partial charge in [-0.3, -0.25) is 0 Å². The average Bonchev–Trinajstić information content (AvgIpc) is 2.47. The summed E-state index contributed by atoms with van der Waals surface area (Å²) >= 11 is 5.93. The molecule has 1 aromatic heterocycles. The summed E-state index contributed by atoms with van der Waals surface area (Å²) in [4.78, 5) is 10.6. The summed E-state index contributed by atoms with van der Waals surface area (Å²) in [6.07, 6.45) is 3.29. The summed E-state index contributed by atoms with van der Waals surface area (Å²) in [5.41, 5.74) is 3.61. The largest absolute Gasteiger partial charge is 0.352 e. The fourth-order valence-corrected chi connectivity index (χ4v) is 2.69. The number of halogens is 1. The first-order valence-electron chi connectivity index (χ1n) is 6.73. The molecular weight excluding hydrogens is 270 g/mol. The molecule has 0 aliphatic carbocycles. The van der Waals surface area contributed by atoms with Crippen molar-refractivity contribution in [3.63, 3.8) is 0 Å². The Hall–Kier alpha value is -1.87. The Morgan fingerprint density at radius 3 is 2.60 bits per heavy atom. The standard InChI is InChI=1S/C16H16ClN3/c1-12-11-15(19-16(17)18-12)20-9-7-14(8-10-20)13-5-3-2-4-6-13/h2-7,11H,8-10H2,1H3. The van der Waals surface area contributed by atoms with E-state index in [2.05, 4.69) is 45.2 Å². The molecule has 2 heterocycles. The number of anilines is 1. The molecule has 0 spiro atoms. The van der Waals surface area contributed by atoms with E-state index in [4.69, 9.17) is 11.6 Å². The fraction of sp³-hybridized carbons (Fsp3) is 0.250. The Kier molecular flexibility index (Phi) is 3.70. The normalized spacial score (nSPS) is 15.1. The molecule has 0 N–H and O–H groups in total. The lowest BCUT2D eigenvalue weighted by atomic mass is 10.00. The Bertz CT molecular complexity index is 617. The van der Waals surface area contributed by atoms with E-state index >= 15 is 0 Å². The molecule has 0 bridgehead atoms. The van der Waals surface area contributed by atoms with E-state index in [9.17, 15) is 0 Å². The van der Waals surface area contributed by atoms with Crippen LogP contribution in [0.25, 0.3) is 5.57 Å².